The third kappa shape index (κ3) is 5.04. The lowest BCUT2D eigenvalue weighted by molar-refractivity contribution is 0.687. The van der Waals surface area contributed by atoms with Crippen molar-refractivity contribution in [2.45, 2.75) is 32.2 Å². The number of halogens is 1. The lowest BCUT2D eigenvalue weighted by Gasteiger charge is -2.19. The molecule has 0 fully saturated rings. The SMILES string of the molecule is CN(C)c1nccc(CN=C(N)Nc2cccc3c2CCCC3)n1.I. The van der Waals surface area contributed by atoms with Crippen molar-refractivity contribution in [2.24, 2.45) is 10.7 Å². The summed E-state index contributed by atoms with van der Waals surface area (Å²) in [5.74, 6) is 1.09. The zero-order valence-electron chi connectivity index (χ0n) is 14.7. The second-order valence-corrected chi connectivity index (χ2v) is 6.22. The van der Waals surface area contributed by atoms with Gasteiger partial charge in [0.25, 0.3) is 0 Å². The average Bonchev–Trinajstić information content (AvgIpc) is 2.60. The van der Waals surface area contributed by atoms with Gasteiger partial charge in [0.05, 0.1) is 12.2 Å². The van der Waals surface area contributed by atoms with Crippen molar-refractivity contribution < 1.29 is 0 Å². The highest BCUT2D eigenvalue weighted by atomic mass is 127. The summed E-state index contributed by atoms with van der Waals surface area (Å²) in [4.78, 5) is 14.9. The van der Waals surface area contributed by atoms with Crippen LogP contribution in [-0.4, -0.2) is 30.0 Å². The maximum Gasteiger partial charge on any atom is 0.225 e. The van der Waals surface area contributed by atoms with Crippen molar-refractivity contribution in [2.75, 3.05) is 24.3 Å². The van der Waals surface area contributed by atoms with E-state index in [0.29, 0.717) is 18.5 Å². The van der Waals surface area contributed by atoms with Gasteiger partial charge < -0.3 is 16.0 Å². The Morgan fingerprint density at radius 1 is 1.24 bits per heavy atom. The van der Waals surface area contributed by atoms with Gasteiger partial charge in [0.2, 0.25) is 5.95 Å². The second kappa shape index (κ2) is 8.98. The summed E-state index contributed by atoms with van der Waals surface area (Å²) < 4.78 is 0. The number of benzene rings is 1. The van der Waals surface area contributed by atoms with E-state index < -0.39 is 0 Å². The van der Waals surface area contributed by atoms with Gasteiger partial charge in [-0.05, 0) is 48.9 Å². The number of rotatable bonds is 4. The van der Waals surface area contributed by atoms with E-state index in [9.17, 15) is 0 Å². The first-order valence-electron chi connectivity index (χ1n) is 8.30. The van der Waals surface area contributed by atoms with Crippen LogP contribution in [0.15, 0.2) is 35.5 Å². The molecule has 7 heteroatoms. The van der Waals surface area contributed by atoms with E-state index in [1.165, 1.54) is 24.0 Å². The predicted molar refractivity (Wildman–Crippen MR) is 114 cm³/mol. The molecule has 1 aromatic heterocycles. The number of aryl methyl sites for hydroxylation is 1. The van der Waals surface area contributed by atoms with E-state index >= 15 is 0 Å². The average molecular weight is 452 g/mol. The molecule has 0 spiro atoms. The Bertz CT molecular complexity index is 744. The number of nitrogens with two attached hydrogens (primary N) is 1. The maximum absolute atomic E-state index is 6.07. The molecule has 2 aromatic rings. The van der Waals surface area contributed by atoms with Gasteiger partial charge in [-0.3, -0.25) is 0 Å². The molecule has 134 valence electrons. The maximum atomic E-state index is 6.07. The molecule has 3 N–H and O–H groups in total. The summed E-state index contributed by atoms with van der Waals surface area (Å²) in [6.45, 7) is 0.428. The summed E-state index contributed by atoms with van der Waals surface area (Å²) in [5.41, 5.74) is 10.8. The molecule has 0 unspecified atom stereocenters. The van der Waals surface area contributed by atoms with Gasteiger partial charge in [-0.15, -0.1) is 24.0 Å². The van der Waals surface area contributed by atoms with Gasteiger partial charge in [0, 0.05) is 26.0 Å². The number of anilines is 2. The number of hydrogen-bond donors (Lipinski definition) is 2. The smallest absolute Gasteiger partial charge is 0.225 e. The summed E-state index contributed by atoms with van der Waals surface area (Å²) in [6, 6.07) is 8.21. The molecule has 0 amide bonds. The van der Waals surface area contributed by atoms with Crippen LogP contribution in [0.4, 0.5) is 11.6 Å². The van der Waals surface area contributed by atoms with Crippen LogP contribution < -0.4 is 16.0 Å². The molecule has 0 bridgehead atoms. The molecule has 0 saturated heterocycles. The Kier molecular flexibility index (Phi) is 6.98. The monoisotopic (exact) mass is 452 g/mol. The lowest BCUT2D eigenvalue weighted by Crippen LogP contribution is -2.24. The van der Waals surface area contributed by atoms with Crippen LogP contribution in [0.2, 0.25) is 0 Å². The molecular weight excluding hydrogens is 427 g/mol. The van der Waals surface area contributed by atoms with Gasteiger partial charge in [0.15, 0.2) is 5.96 Å². The topological polar surface area (TPSA) is 79.4 Å². The van der Waals surface area contributed by atoms with Crippen molar-refractivity contribution in [1.82, 2.24) is 9.97 Å². The summed E-state index contributed by atoms with van der Waals surface area (Å²) >= 11 is 0. The van der Waals surface area contributed by atoms with Crippen LogP contribution in [0.5, 0.6) is 0 Å². The zero-order chi connectivity index (χ0) is 16.9. The Labute approximate surface area is 166 Å². The Morgan fingerprint density at radius 3 is 2.84 bits per heavy atom. The summed E-state index contributed by atoms with van der Waals surface area (Å²) in [5, 5.41) is 3.25. The minimum atomic E-state index is 0. The minimum absolute atomic E-state index is 0. The zero-order valence-corrected chi connectivity index (χ0v) is 17.0. The standard InChI is InChI=1S/C18H24N6.HI/c1-24(2)18-20-11-10-14(22-18)12-21-17(19)23-16-9-5-7-13-6-3-4-8-15(13)16;/h5,7,9-11H,3-4,6,8,12H2,1-2H3,(H3,19,21,23);1H. The molecule has 1 aliphatic rings. The van der Waals surface area contributed by atoms with Crippen molar-refractivity contribution in [3.05, 3.63) is 47.3 Å². The molecule has 25 heavy (non-hydrogen) atoms. The Morgan fingerprint density at radius 2 is 2.04 bits per heavy atom. The van der Waals surface area contributed by atoms with Gasteiger partial charge >= 0.3 is 0 Å². The van der Waals surface area contributed by atoms with Crippen molar-refractivity contribution >= 4 is 41.6 Å². The number of aromatic nitrogens is 2. The van der Waals surface area contributed by atoms with Crippen LogP contribution in [-0.2, 0) is 19.4 Å². The van der Waals surface area contributed by atoms with E-state index in [4.69, 9.17) is 5.73 Å². The summed E-state index contributed by atoms with van der Waals surface area (Å²) in [7, 11) is 3.83. The van der Waals surface area contributed by atoms with E-state index in [2.05, 4.69) is 38.5 Å². The number of aliphatic imine (C=N–C) groups is 1. The van der Waals surface area contributed by atoms with E-state index in [0.717, 1.165) is 24.2 Å². The molecule has 0 radical (unpaired) electrons. The highest BCUT2D eigenvalue weighted by Crippen LogP contribution is 2.27. The largest absolute Gasteiger partial charge is 0.370 e. The fourth-order valence-corrected chi connectivity index (χ4v) is 2.93. The fraction of sp³-hybridized carbons (Fsp3) is 0.389. The lowest BCUT2D eigenvalue weighted by atomic mass is 9.90. The van der Waals surface area contributed by atoms with Crippen LogP contribution in [0.25, 0.3) is 0 Å². The number of nitrogens with zero attached hydrogens (tertiary/aromatic N) is 4. The van der Waals surface area contributed by atoms with Gasteiger partial charge in [0.1, 0.15) is 0 Å². The quantitative estimate of drug-likeness (QED) is 0.424. The van der Waals surface area contributed by atoms with Gasteiger partial charge in [-0.25, -0.2) is 15.0 Å². The normalized spacial score (nSPS) is 13.6. The Hall–Kier alpha value is -1.90. The Balaban J connectivity index is 0.00000225. The first-order chi connectivity index (χ1) is 11.6. The van der Waals surface area contributed by atoms with Crippen LogP contribution in [0, 0.1) is 0 Å². The molecule has 1 heterocycles. The molecule has 0 atom stereocenters. The number of hydrogen-bond acceptors (Lipinski definition) is 4. The predicted octanol–water partition coefficient (Wildman–Crippen LogP) is 2.97. The van der Waals surface area contributed by atoms with Crippen molar-refractivity contribution in [3.8, 4) is 0 Å². The van der Waals surface area contributed by atoms with Crippen LogP contribution in [0.1, 0.15) is 29.7 Å². The molecule has 1 aliphatic carbocycles. The fourth-order valence-electron chi connectivity index (χ4n) is 2.93. The number of nitrogens with one attached hydrogen (secondary N) is 1. The molecule has 1 aromatic carbocycles. The van der Waals surface area contributed by atoms with Crippen LogP contribution in [0.3, 0.4) is 0 Å². The first kappa shape index (κ1) is 19.4. The molecule has 3 rings (SSSR count). The summed E-state index contributed by atoms with van der Waals surface area (Å²) in [6.07, 6.45) is 6.49. The second-order valence-electron chi connectivity index (χ2n) is 6.22. The van der Waals surface area contributed by atoms with Gasteiger partial charge in [-0.1, -0.05) is 12.1 Å². The van der Waals surface area contributed by atoms with Crippen LogP contribution >= 0.6 is 24.0 Å². The minimum Gasteiger partial charge on any atom is -0.370 e. The highest BCUT2D eigenvalue weighted by Gasteiger charge is 2.13. The molecular formula is C18H25IN6. The molecule has 6 nitrogen and oxygen atoms in total. The molecule has 0 aliphatic heterocycles. The third-order valence-electron chi connectivity index (χ3n) is 4.17. The van der Waals surface area contributed by atoms with E-state index in [1.807, 2.05) is 25.1 Å². The van der Waals surface area contributed by atoms with Gasteiger partial charge in [-0.2, -0.15) is 0 Å². The highest BCUT2D eigenvalue weighted by molar-refractivity contribution is 14.0. The van der Waals surface area contributed by atoms with Crippen molar-refractivity contribution in [3.63, 3.8) is 0 Å². The number of guanidine groups is 1. The number of fused-ring (bicyclic) bond motifs is 1. The van der Waals surface area contributed by atoms with E-state index in [1.54, 1.807) is 6.20 Å². The van der Waals surface area contributed by atoms with Crippen molar-refractivity contribution in [1.29, 1.82) is 0 Å². The molecule has 0 saturated carbocycles. The van der Waals surface area contributed by atoms with E-state index in [-0.39, 0.29) is 24.0 Å². The first-order valence-corrected chi connectivity index (χ1v) is 8.30. The third-order valence-corrected chi connectivity index (χ3v) is 4.17.